The summed E-state index contributed by atoms with van der Waals surface area (Å²) < 4.78 is 19.8. The Morgan fingerprint density at radius 1 is 1.09 bits per heavy atom. The molecule has 0 aromatic rings. The molecule has 5 nitrogen and oxygen atoms in total. The molecule has 4 fully saturated rings. The Kier molecular flexibility index (Phi) is 6.04. The minimum atomic E-state index is -1.89. The number of hydrogen-bond acceptors (Lipinski definition) is 5. The standard InChI is InChI=1S/C27H44O5Si2/c1-26-13-12-18(28)14-17(26)8-9-19-20-10-11-21(22(29)16-30-33(2,3)4)27(20)15-23(24(19)26)31-25(27)32-34(5,6)7/h14,19-21,23-25H,8-13,15-16H2,1-7H3. The lowest BCUT2D eigenvalue weighted by Gasteiger charge is -2.57. The van der Waals surface area contributed by atoms with Crippen LogP contribution in [-0.2, 0) is 23.2 Å². The number of hydrogen-bond donors (Lipinski definition) is 0. The van der Waals surface area contributed by atoms with Crippen molar-refractivity contribution < 1.29 is 23.2 Å². The van der Waals surface area contributed by atoms with Crippen molar-refractivity contribution in [2.24, 2.45) is 34.5 Å². The van der Waals surface area contributed by atoms with E-state index in [4.69, 9.17) is 13.6 Å². The molecule has 4 aliphatic carbocycles. The van der Waals surface area contributed by atoms with Crippen LogP contribution in [-0.4, -0.2) is 47.2 Å². The summed E-state index contributed by atoms with van der Waals surface area (Å²) in [5.41, 5.74) is 1.17. The Labute approximate surface area is 207 Å². The third-order valence-electron chi connectivity index (χ3n) is 9.71. The van der Waals surface area contributed by atoms with E-state index in [0.29, 0.717) is 24.2 Å². The lowest BCUT2D eigenvalue weighted by Crippen LogP contribution is -2.56. The number of rotatable bonds is 6. The van der Waals surface area contributed by atoms with E-state index >= 15 is 0 Å². The smallest absolute Gasteiger partial charge is 0.187 e. The van der Waals surface area contributed by atoms with E-state index in [2.05, 4.69) is 46.2 Å². The molecule has 3 saturated carbocycles. The van der Waals surface area contributed by atoms with E-state index in [-0.39, 0.29) is 47.3 Å². The monoisotopic (exact) mass is 504 g/mol. The predicted molar refractivity (Wildman–Crippen MR) is 137 cm³/mol. The van der Waals surface area contributed by atoms with Gasteiger partial charge in [-0.25, -0.2) is 0 Å². The second-order valence-electron chi connectivity index (χ2n) is 13.9. The summed E-state index contributed by atoms with van der Waals surface area (Å²) in [7, 11) is -3.66. The van der Waals surface area contributed by atoms with Gasteiger partial charge in [0.05, 0.1) is 12.7 Å². The van der Waals surface area contributed by atoms with Gasteiger partial charge in [0.1, 0.15) is 0 Å². The summed E-state index contributed by atoms with van der Waals surface area (Å²) >= 11 is 0. The van der Waals surface area contributed by atoms with Crippen molar-refractivity contribution in [2.45, 2.75) is 104 Å². The number of carbonyl (C=O) groups is 2. The van der Waals surface area contributed by atoms with Gasteiger partial charge in [-0.15, -0.1) is 0 Å². The molecule has 34 heavy (non-hydrogen) atoms. The van der Waals surface area contributed by atoms with Gasteiger partial charge in [0.15, 0.2) is 34.5 Å². The zero-order valence-corrected chi connectivity index (χ0v) is 24.2. The van der Waals surface area contributed by atoms with Gasteiger partial charge in [-0.1, -0.05) is 12.5 Å². The maximum atomic E-state index is 13.7. The van der Waals surface area contributed by atoms with Crippen LogP contribution in [0.3, 0.4) is 0 Å². The summed E-state index contributed by atoms with van der Waals surface area (Å²) in [4.78, 5) is 25.9. The fourth-order valence-corrected chi connectivity index (χ4v) is 10.0. The molecule has 0 aromatic carbocycles. The summed E-state index contributed by atoms with van der Waals surface area (Å²) in [5, 5.41) is 0. The summed E-state index contributed by atoms with van der Waals surface area (Å²) in [6.07, 6.45) is 8.43. The molecule has 1 heterocycles. The summed E-state index contributed by atoms with van der Waals surface area (Å²) in [6, 6.07) is 0. The van der Waals surface area contributed by atoms with Gasteiger partial charge in [-0.3, -0.25) is 9.59 Å². The van der Waals surface area contributed by atoms with Crippen LogP contribution >= 0.6 is 0 Å². The molecule has 7 heteroatoms. The second-order valence-corrected chi connectivity index (χ2v) is 22.9. The summed E-state index contributed by atoms with van der Waals surface area (Å²) in [6.45, 7) is 15.8. The summed E-state index contributed by atoms with van der Waals surface area (Å²) in [5.74, 6) is 1.94. The highest BCUT2D eigenvalue weighted by Gasteiger charge is 2.72. The van der Waals surface area contributed by atoms with Crippen molar-refractivity contribution in [2.75, 3.05) is 6.61 Å². The van der Waals surface area contributed by atoms with Crippen LogP contribution in [0.15, 0.2) is 11.6 Å². The third-order valence-corrected chi connectivity index (χ3v) is 11.6. The van der Waals surface area contributed by atoms with Crippen LogP contribution in [0.25, 0.3) is 0 Å². The SMILES string of the molecule is CC12CCC(=O)C=C1CCC1C2C2CC3(C(O[Si](C)(C)C)O2)C(C(=O)CO[Si](C)(C)C)CCC13. The van der Waals surface area contributed by atoms with Gasteiger partial charge in [0.25, 0.3) is 0 Å². The molecule has 0 amide bonds. The number of fused-ring (bicyclic) bond motifs is 6. The first-order chi connectivity index (χ1) is 15.7. The van der Waals surface area contributed by atoms with Crippen LogP contribution in [0.1, 0.15) is 51.9 Å². The van der Waals surface area contributed by atoms with E-state index in [1.54, 1.807) is 0 Å². The molecule has 1 spiro atoms. The Bertz CT molecular complexity index is 902. The number of carbonyl (C=O) groups excluding carboxylic acids is 2. The Morgan fingerprint density at radius 3 is 2.50 bits per heavy atom. The first-order valence-electron chi connectivity index (χ1n) is 13.5. The van der Waals surface area contributed by atoms with Gasteiger partial charge in [0.2, 0.25) is 0 Å². The minimum Gasteiger partial charge on any atom is -0.410 e. The predicted octanol–water partition coefficient (Wildman–Crippen LogP) is 5.72. The number of ketones is 2. The van der Waals surface area contributed by atoms with E-state index < -0.39 is 16.6 Å². The van der Waals surface area contributed by atoms with Crippen molar-refractivity contribution in [3.8, 4) is 0 Å². The van der Waals surface area contributed by atoms with E-state index in [1.807, 2.05) is 6.08 Å². The van der Waals surface area contributed by atoms with Gasteiger partial charge < -0.3 is 13.6 Å². The highest BCUT2D eigenvalue weighted by Crippen LogP contribution is 2.71. The van der Waals surface area contributed by atoms with E-state index in [1.165, 1.54) is 5.57 Å². The normalized spacial score (nSPS) is 43.7. The zero-order valence-electron chi connectivity index (χ0n) is 22.2. The maximum absolute atomic E-state index is 13.7. The molecule has 2 bridgehead atoms. The Balaban J connectivity index is 1.52. The van der Waals surface area contributed by atoms with Gasteiger partial charge in [-0.05, 0) is 107 Å². The Hall–Kier alpha value is -0.606. The molecule has 0 radical (unpaired) electrons. The molecule has 8 unspecified atom stereocenters. The van der Waals surface area contributed by atoms with E-state index in [0.717, 1.165) is 38.5 Å². The third kappa shape index (κ3) is 3.98. The number of ether oxygens (including phenoxy) is 1. The second kappa shape index (κ2) is 8.20. The fraction of sp³-hybridized carbons (Fsp3) is 0.852. The first kappa shape index (κ1) is 25.1. The Morgan fingerprint density at radius 2 is 1.82 bits per heavy atom. The molecule has 5 aliphatic rings. The highest BCUT2D eigenvalue weighted by atomic mass is 28.4. The van der Waals surface area contributed by atoms with E-state index in [9.17, 15) is 9.59 Å². The van der Waals surface area contributed by atoms with Crippen molar-refractivity contribution in [1.29, 1.82) is 0 Å². The highest BCUT2D eigenvalue weighted by molar-refractivity contribution is 6.70. The topological polar surface area (TPSA) is 61.8 Å². The first-order valence-corrected chi connectivity index (χ1v) is 20.3. The molecule has 8 atom stereocenters. The maximum Gasteiger partial charge on any atom is 0.187 e. The van der Waals surface area contributed by atoms with Gasteiger partial charge in [-0.2, -0.15) is 0 Å². The van der Waals surface area contributed by atoms with Crippen molar-refractivity contribution >= 4 is 28.2 Å². The molecule has 0 N–H and O–H groups in total. The molecule has 0 aromatic heterocycles. The van der Waals surface area contributed by atoms with Crippen molar-refractivity contribution in [1.82, 2.24) is 0 Å². The molecule has 190 valence electrons. The van der Waals surface area contributed by atoms with Crippen molar-refractivity contribution in [3.05, 3.63) is 11.6 Å². The largest absolute Gasteiger partial charge is 0.410 e. The lowest BCUT2D eigenvalue weighted by molar-refractivity contribution is -0.152. The molecule has 1 saturated heterocycles. The average Bonchev–Trinajstić information content (AvgIpc) is 3.24. The van der Waals surface area contributed by atoms with Crippen LogP contribution in [0.5, 0.6) is 0 Å². The average molecular weight is 505 g/mol. The molecule has 1 aliphatic heterocycles. The number of allylic oxidation sites excluding steroid dienone is 1. The number of Topliss-reactive ketones (excluding diaryl/α,β-unsaturated/α-hetero) is 1. The van der Waals surface area contributed by atoms with Crippen LogP contribution in [0.4, 0.5) is 0 Å². The van der Waals surface area contributed by atoms with Gasteiger partial charge in [0, 0.05) is 17.8 Å². The zero-order chi connectivity index (χ0) is 24.7. The minimum absolute atomic E-state index is 0.0289. The molecular formula is C27H44O5Si2. The fourth-order valence-electron chi connectivity index (χ4n) is 8.51. The van der Waals surface area contributed by atoms with Crippen LogP contribution in [0.2, 0.25) is 39.3 Å². The van der Waals surface area contributed by atoms with Crippen molar-refractivity contribution in [3.63, 3.8) is 0 Å². The molecular weight excluding hydrogens is 460 g/mol. The lowest BCUT2D eigenvalue weighted by atomic mass is 9.46. The quantitative estimate of drug-likeness (QED) is 0.433. The van der Waals surface area contributed by atoms with Crippen LogP contribution < -0.4 is 0 Å². The molecule has 5 rings (SSSR count). The van der Waals surface area contributed by atoms with Gasteiger partial charge >= 0.3 is 0 Å². The van der Waals surface area contributed by atoms with Crippen LogP contribution in [0, 0.1) is 34.5 Å².